The van der Waals surface area contributed by atoms with Crippen molar-refractivity contribution in [3.8, 4) is 0 Å². The molecule has 1 aliphatic carbocycles. The number of hydrogen-bond donors (Lipinski definition) is 0. The van der Waals surface area contributed by atoms with Gasteiger partial charge in [-0.3, -0.25) is 4.79 Å². The van der Waals surface area contributed by atoms with Crippen LogP contribution in [0, 0.1) is 0 Å². The van der Waals surface area contributed by atoms with Gasteiger partial charge < -0.3 is 4.90 Å². The Kier molecular flexibility index (Phi) is 4.02. The molecule has 2 heterocycles. The van der Waals surface area contributed by atoms with Gasteiger partial charge in [-0.15, -0.1) is 10.2 Å². The summed E-state index contributed by atoms with van der Waals surface area (Å²) in [6, 6.07) is 10.0. The molecule has 4 rings (SSSR count). The Hall–Kier alpha value is -2.28. The fourth-order valence-electron chi connectivity index (χ4n) is 2.72. The fraction of sp³-hybridized carbons (Fsp3) is 0.412. The largest absolute Gasteiger partial charge is 0.341 e. The first-order valence-corrected chi connectivity index (χ1v) is 9.01. The van der Waals surface area contributed by atoms with E-state index >= 15 is 0 Å². The van der Waals surface area contributed by atoms with Gasteiger partial charge >= 0.3 is 0 Å². The number of nitrogens with zero attached hydrogens (tertiary/aromatic N) is 5. The molecule has 7 heteroatoms. The van der Waals surface area contributed by atoms with Crippen molar-refractivity contribution in [2.24, 2.45) is 0 Å². The summed E-state index contributed by atoms with van der Waals surface area (Å²) in [5.41, 5.74) is 1.14. The van der Waals surface area contributed by atoms with Gasteiger partial charge in [0.25, 0.3) is 0 Å². The molecule has 0 saturated heterocycles. The molecule has 1 aromatic carbocycles. The van der Waals surface area contributed by atoms with Crippen LogP contribution in [0.25, 0.3) is 4.96 Å². The molecule has 24 heavy (non-hydrogen) atoms. The molecule has 0 radical (unpaired) electrons. The van der Waals surface area contributed by atoms with Gasteiger partial charge in [0.2, 0.25) is 10.9 Å². The Morgan fingerprint density at radius 2 is 2.08 bits per heavy atom. The summed E-state index contributed by atoms with van der Waals surface area (Å²) in [7, 11) is 1.85. The van der Waals surface area contributed by atoms with Crippen molar-refractivity contribution in [3.05, 3.63) is 46.7 Å². The van der Waals surface area contributed by atoms with Gasteiger partial charge in [-0.2, -0.15) is 9.61 Å². The minimum atomic E-state index is 0.132. The first-order valence-electron chi connectivity index (χ1n) is 8.19. The van der Waals surface area contributed by atoms with E-state index < -0.39 is 0 Å². The molecular weight excluding hydrogens is 322 g/mol. The summed E-state index contributed by atoms with van der Waals surface area (Å²) < 4.78 is 1.86. The Morgan fingerprint density at radius 1 is 1.29 bits per heavy atom. The average molecular weight is 341 g/mol. The van der Waals surface area contributed by atoms with Gasteiger partial charge in [0.15, 0.2) is 5.82 Å². The van der Waals surface area contributed by atoms with Gasteiger partial charge in [0, 0.05) is 32.4 Å². The lowest BCUT2D eigenvalue weighted by Gasteiger charge is -2.16. The number of rotatable bonds is 6. The third-order valence-electron chi connectivity index (χ3n) is 4.24. The molecule has 124 valence electrons. The molecule has 1 saturated carbocycles. The minimum Gasteiger partial charge on any atom is -0.341 e. The molecule has 0 N–H and O–H groups in total. The lowest BCUT2D eigenvalue weighted by atomic mass is 10.2. The van der Waals surface area contributed by atoms with Crippen LogP contribution in [-0.2, 0) is 17.8 Å². The zero-order chi connectivity index (χ0) is 16.5. The van der Waals surface area contributed by atoms with Gasteiger partial charge in [-0.25, -0.2) is 0 Å². The van der Waals surface area contributed by atoms with E-state index in [1.54, 1.807) is 4.90 Å². The van der Waals surface area contributed by atoms with Crippen molar-refractivity contribution >= 4 is 22.2 Å². The van der Waals surface area contributed by atoms with E-state index in [1.165, 1.54) is 24.2 Å². The summed E-state index contributed by atoms with van der Waals surface area (Å²) in [6.45, 7) is 0.636. The van der Waals surface area contributed by atoms with Crippen LogP contribution in [-0.4, -0.2) is 37.7 Å². The highest BCUT2D eigenvalue weighted by molar-refractivity contribution is 7.16. The maximum Gasteiger partial charge on any atom is 0.234 e. The van der Waals surface area contributed by atoms with E-state index in [9.17, 15) is 4.79 Å². The molecule has 1 aliphatic rings. The van der Waals surface area contributed by atoms with Gasteiger partial charge in [0.05, 0.1) is 0 Å². The van der Waals surface area contributed by atoms with Crippen LogP contribution in [0.15, 0.2) is 30.3 Å². The van der Waals surface area contributed by atoms with Crippen molar-refractivity contribution < 1.29 is 4.79 Å². The molecule has 6 nitrogen and oxygen atoms in total. The second kappa shape index (κ2) is 6.32. The summed E-state index contributed by atoms with van der Waals surface area (Å²) in [5, 5.41) is 13.9. The highest BCUT2D eigenvalue weighted by Crippen LogP contribution is 2.39. The Bertz CT molecular complexity index is 852. The van der Waals surface area contributed by atoms with Crippen molar-refractivity contribution in [1.82, 2.24) is 24.7 Å². The van der Waals surface area contributed by atoms with Gasteiger partial charge in [-0.1, -0.05) is 41.7 Å². The van der Waals surface area contributed by atoms with Crippen molar-refractivity contribution in [2.75, 3.05) is 7.05 Å². The quantitative estimate of drug-likeness (QED) is 0.691. The van der Waals surface area contributed by atoms with E-state index in [1.807, 2.05) is 41.9 Å². The summed E-state index contributed by atoms with van der Waals surface area (Å²) in [5.74, 6) is 1.63. The van der Waals surface area contributed by atoms with Crippen LogP contribution >= 0.6 is 11.3 Å². The topological polar surface area (TPSA) is 63.4 Å². The second-order valence-corrected chi connectivity index (χ2v) is 7.30. The van der Waals surface area contributed by atoms with Crippen LogP contribution in [0.1, 0.15) is 41.6 Å². The van der Waals surface area contributed by atoms with Crippen LogP contribution in [0.4, 0.5) is 0 Å². The van der Waals surface area contributed by atoms with E-state index in [0.29, 0.717) is 25.3 Å². The van der Waals surface area contributed by atoms with Crippen LogP contribution in [0.3, 0.4) is 0 Å². The monoisotopic (exact) mass is 341 g/mol. The maximum absolute atomic E-state index is 12.3. The number of amides is 1. The lowest BCUT2D eigenvalue weighted by Crippen LogP contribution is -2.26. The third kappa shape index (κ3) is 3.17. The van der Waals surface area contributed by atoms with Gasteiger partial charge in [-0.05, 0) is 18.4 Å². The molecule has 0 bridgehead atoms. The minimum absolute atomic E-state index is 0.132. The molecule has 2 aromatic heterocycles. The van der Waals surface area contributed by atoms with E-state index in [0.717, 1.165) is 21.4 Å². The summed E-state index contributed by atoms with van der Waals surface area (Å²) in [4.78, 5) is 14.9. The number of benzene rings is 1. The second-order valence-electron chi connectivity index (χ2n) is 6.26. The summed E-state index contributed by atoms with van der Waals surface area (Å²) >= 11 is 1.53. The van der Waals surface area contributed by atoms with Crippen molar-refractivity contribution in [3.63, 3.8) is 0 Å². The average Bonchev–Trinajstić information content (AvgIpc) is 3.23. The van der Waals surface area contributed by atoms with E-state index in [4.69, 9.17) is 0 Å². The Balaban J connectivity index is 1.36. The number of carbonyl (C=O) groups is 1. The Morgan fingerprint density at radius 3 is 2.83 bits per heavy atom. The predicted octanol–water partition coefficient (Wildman–Crippen LogP) is 2.65. The Labute approximate surface area is 144 Å². The highest BCUT2D eigenvalue weighted by atomic mass is 32.1. The SMILES string of the molecule is CN(Cc1ccccc1)C(=O)CCc1nn2c(C3CC3)nnc2s1. The summed E-state index contributed by atoms with van der Waals surface area (Å²) in [6.07, 6.45) is 3.47. The lowest BCUT2D eigenvalue weighted by molar-refractivity contribution is -0.130. The number of carbonyl (C=O) groups excluding carboxylic acids is 1. The first-order chi connectivity index (χ1) is 11.7. The zero-order valence-electron chi connectivity index (χ0n) is 13.6. The smallest absolute Gasteiger partial charge is 0.234 e. The standard InChI is InChI=1S/C17H19N5OS/c1-21(11-12-5-3-2-4-6-12)15(23)10-9-14-20-22-16(13-7-8-13)18-19-17(22)24-14/h2-6,13H,7-11H2,1H3. The van der Waals surface area contributed by atoms with Crippen molar-refractivity contribution in [2.45, 2.75) is 38.1 Å². The van der Waals surface area contributed by atoms with Crippen molar-refractivity contribution in [1.29, 1.82) is 0 Å². The normalized spacial score (nSPS) is 14.2. The number of aromatic nitrogens is 4. The predicted molar refractivity (Wildman–Crippen MR) is 91.9 cm³/mol. The number of aryl methyl sites for hydroxylation is 1. The first kappa shape index (κ1) is 15.3. The molecule has 3 aromatic rings. The van der Waals surface area contributed by atoms with Crippen LogP contribution in [0.5, 0.6) is 0 Å². The highest BCUT2D eigenvalue weighted by Gasteiger charge is 2.30. The maximum atomic E-state index is 12.3. The number of hydrogen-bond acceptors (Lipinski definition) is 5. The third-order valence-corrected chi connectivity index (χ3v) is 5.20. The van der Waals surface area contributed by atoms with Crippen LogP contribution < -0.4 is 0 Å². The van der Waals surface area contributed by atoms with E-state index in [-0.39, 0.29) is 5.91 Å². The van der Waals surface area contributed by atoms with E-state index in [2.05, 4.69) is 15.3 Å². The molecule has 0 spiro atoms. The number of fused-ring (bicyclic) bond motifs is 1. The zero-order valence-corrected chi connectivity index (χ0v) is 14.4. The molecular formula is C17H19N5OS. The molecule has 1 amide bonds. The molecule has 0 unspecified atom stereocenters. The van der Waals surface area contributed by atoms with Crippen LogP contribution in [0.2, 0.25) is 0 Å². The molecule has 1 fully saturated rings. The molecule has 0 aliphatic heterocycles. The molecule has 0 atom stereocenters. The van der Waals surface area contributed by atoms with Gasteiger partial charge in [0.1, 0.15) is 5.01 Å². The fourth-order valence-corrected chi connectivity index (χ4v) is 3.56.